The van der Waals surface area contributed by atoms with Crippen molar-refractivity contribution >= 4 is 15.7 Å². The standard InChI is InChI=1S/C13H15F2N3O2S/c1-3-9-4-6-10(7-5-9)21(19,20)18-11-8(2)16-17-12(11)13(14)15/h4-7,13,18H,3H2,1-2H3,(H,16,17). The van der Waals surface area contributed by atoms with E-state index in [4.69, 9.17) is 0 Å². The minimum absolute atomic E-state index is 0.0144. The molecule has 0 fully saturated rings. The summed E-state index contributed by atoms with van der Waals surface area (Å²) >= 11 is 0. The van der Waals surface area contributed by atoms with Crippen molar-refractivity contribution in [3.8, 4) is 0 Å². The fourth-order valence-electron chi connectivity index (χ4n) is 1.83. The summed E-state index contributed by atoms with van der Waals surface area (Å²) < 4.78 is 52.2. The van der Waals surface area contributed by atoms with E-state index < -0.39 is 22.1 Å². The second kappa shape index (κ2) is 5.80. The van der Waals surface area contributed by atoms with Gasteiger partial charge in [-0.2, -0.15) is 5.10 Å². The summed E-state index contributed by atoms with van der Waals surface area (Å²) in [5, 5.41) is 5.77. The lowest BCUT2D eigenvalue weighted by Crippen LogP contribution is -2.14. The van der Waals surface area contributed by atoms with E-state index >= 15 is 0 Å². The third-order valence-corrected chi connectivity index (χ3v) is 4.43. The highest BCUT2D eigenvalue weighted by atomic mass is 32.2. The van der Waals surface area contributed by atoms with Crippen LogP contribution >= 0.6 is 0 Å². The second-order valence-corrected chi connectivity index (χ2v) is 6.19. The lowest BCUT2D eigenvalue weighted by Gasteiger charge is -2.09. The predicted molar refractivity (Wildman–Crippen MR) is 74.9 cm³/mol. The Bertz CT molecular complexity index is 724. The molecule has 2 N–H and O–H groups in total. The molecule has 0 aliphatic rings. The summed E-state index contributed by atoms with van der Waals surface area (Å²) in [5.74, 6) is 0. The Balaban J connectivity index is 2.35. The van der Waals surface area contributed by atoms with Crippen LogP contribution in [-0.4, -0.2) is 18.6 Å². The lowest BCUT2D eigenvalue weighted by molar-refractivity contribution is 0.147. The average Bonchev–Trinajstić information content (AvgIpc) is 2.80. The number of alkyl halides is 2. The zero-order valence-electron chi connectivity index (χ0n) is 11.5. The molecule has 0 amide bonds. The molecule has 2 aromatic rings. The molecule has 0 radical (unpaired) electrons. The van der Waals surface area contributed by atoms with E-state index in [0.717, 1.165) is 12.0 Å². The summed E-state index contributed by atoms with van der Waals surface area (Å²) in [6, 6.07) is 6.26. The number of benzene rings is 1. The van der Waals surface area contributed by atoms with Crippen LogP contribution in [0.1, 0.15) is 30.3 Å². The van der Waals surface area contributed by atoms with Crippen molar-refractivity contribution in [1.82, 2.24) is 10.2 Å². The fraction of sp³-hybridized carbons (Fsp3) is 0.308. The van der Waals surface area contributed by atoms with Gasteiger partial charge in [0.1, 0.15) is 0 Å². The Morgan fingerprint density at radius 1 is 1.29 bits per heavy atom. The Morgan fingerprint density at radius 3 is 2.43 bits per heavy atom. The third kappa shape index (κ3) is 3.21. The van der Waals surface area contributed by atoms with Crippen LogP contribution in [-0.2, 0) is 16.4 Å². The van der Waals surface area contributed by atoms with Gasteiger partial charge in [-0.05, 0) is 31.0 Å². The van der Waals surface area contributed by atoms with E-state index in [1.165, 1.54) is 19.1 Å². The van der Waals surface area contributed by atoms with Crippen LogP contribution in [0.5, 0.6) is 0 Å². The highest BCUT2D eigenvalue weighted by Crippen LogP contribution is 2.29. The number of nitrogens with one attached hydrogen (secondary N) is 2. The molecule has 1 aromatic carbocycles. The van der Waals surface area contributed by atoms with Gasteiger partial charge in [0.25, 0.3) is 16.4 Å². The van der Waals surface area contributed by atoms with Crippen LogP contribution in [0.2, 0.25) is 0 Å². The van der Waals surface area contributed by atoms with Crippen molar-refractivity contribution in [3.63, 3.8) is 0 Å². The minimum atomic E-state index is -3.93. The van der Waals surface area contributed by atoms with Crippen molar-refractivity contribution in [3.05, 3.63) is 41.2 Å². The van der Waals surface area contributed by atoms with Crippen molar-refractivity contribution in [2.75, 3.05) is 4.72 Å². The number of hydrogen-bond donors (Lipinski definition) is 2. The smallest absolute Gasteiger partial charge is 0.280 e. The van der Waals surface area contributed by atoms with Gasteiger partial charge in [0.2, 0.25) is 0 Å². The molecular formula is C13H15F2N3O2S. The first-order valence-corrected chi connectivity index (χ1v) is 7.78. The Hall–Kier alpha value is -1.96. The summed E-state index contributed by atoms with van der Waals surface area (Å²) in [6.45, 7) is 3.42. The maximum Gasteiger partial charge on any atom is 0.284 e. The van der Waals surface area contributed by atoms with Crippen molar-refractivity contribution in [2.45, 2.75) is 31.6 Å². The van der Waals surface area contributed by atoms with Gasteiger partial charge in [-0.25, -0.2) is 17.2 Å². The number of sulfonamides is 1. The molecule has 114 valence electrons. The first-order chi connectivity index (χ1) is 9.85. The number of halogens is 2. The Kier molecular flexibility index (Phi) is 4.26. The topological polar surface area (TPSA) is 74.8 Å². The van der Waals surface area contributed by atoms with Gasteiger partial charge in [0, 0.05) is 0 Å². The van der Waals surface area contributed by atoms with Crippen molar-refractivity contribution < 1.29 is 17.2 Å². The van der Waals surface area contributed by atoms with Crippen molar-refractivity contribution in [1.29, 1.82) is 0 Å². The third-order valence-electron chi connectivity index (χ3n) is 3.06. The molecule has 0 unspecified atom stereocenters. The largest absolute Gasteiger partial charge is 0.284 e. The normalized spacial score (nSPS) is 11.9. The van der Waals surface area contributed by atoms with Crippen LogP contribution < -0.4 is 4.72 Å². The van der Waals surface area contributed by atoms with Gasteiger partial charge in [0.15, 0.2) is 5.69 Å². The van der Waals surface area contributed by atoms with E-state index in [1.54, 1.807) is 12.1 Å². The monoisotopic (exact) mass is 315 g/mol. The molecule has 1 heterocycles. The number of H-pyrrole nitrogens is 1. The number of aromatic amines is 1. The van der Waals surface area contributed by atoms with Crippen LogP contribution in [0, 0.1) is 6.92 Å². The molecule has 0 spiro atoms. The van der Waals surface area contributed by atoms with Gasteiger partial charge >= 0.3 is 0 Å². The van der Waals surface area contributed by atoms with E-state index in [-0.39, 0.29) is 16.3 Å². The maximum atomic E-state index is 12.8. The number of nitrogens with zero attached hydrogens (tertiary/aromatic N) is 1. The number of aryl methyl sites for hydroxylation is 2. The summed E-state index contributed by atoms with van der Waals surface area (Å²) in [7, 11) is -3.93. The zero-order valence-corrected chi connectivity index (χ0v) is 12.3. The second-order valence-electron chi connectivity index (χ2n) is 4.51. The number of aromatic nitrogens is 2. The molecule has 21 heavy (non-hydrogen) atoms. The quantitative estimate of drug-likeness (QED) is 0.890. The molecule has 5 nitrogen and oxygen atoms in total. The van der Waals surface area contributed by atoms with Crippen molar-refractivity contribution in [2.24, 2.45) is 0 Å². The Labute approximate surface area is 121 Å². The highest BCUT2D eigenvalue weighted by Gasteiger charge is 2.24. The fourth-order valence-corrected chi connectivity index (χ4v) is 2.97. The van der Waals surface area contributed by atoms with Crippen LogP contribution in [0.25, 0.3) is 0 Å². The molecule has 1 aromatic heterocycles. The molecule has 2 rings (SSSR count). The van der Waals surface area contributed by atoms with Crippen LogP contribution in [0.15, 0.2) is 29.2 Å². The number of hydrogen-bond acceptors (Lipinski definition) is 3. The van der Waals surface area contributed by atoms with E-state index in [9.17, 15) is 17.2 Å². The molecule has 0 saturated carbocycles. The van der Waals surface area contributed by atoms with E-state index in [0.29, 0.717) is 0 Å². The molecule has 0 aliphatic heterocycles. The molecule has 0 aliphatic carbocycles. The summed E-state index contributed by atoms with van der Waals surface area (Å²) in [5.41, 5.74) is 0.409. The lowest BCUT2D eigenvalue weighted by atomic mass is 10.2. The molecule has 0 atom stereocenters. The molecular weight excluding hydrogens is 300 g/mol. The Morgan fingerprint density at radius 2 is 1.90 bits per heavy atom. The first kappa shape index (κ1) is 15.4. The number of rotatable bonds is 5. The SMILES string of the molecule is CCc1ccc(S(=O)(=O)Nc2c(C(F)F)n[nH]c2C)cc1. The summed E-state index contributed by atoms with van der Waals surface area (Å²) in [4.78, 5) is 0.0144. The molecule has 0 bridgehead atoms. The van der Waals surface area contributed by atoms with Gasteiger partial charge in [0.05, 0.1) is 16.3 Å². The van der Waals surface area contributed by atoms with Gasteiger partial charge < -0.3 is 0 Å². The highest BCUT2D eigenvalue weighted by molar-refractivity contribution is 7.92. The molecule has 8 heteroatoms. The van der Waals surface area contributed by atoms with Gasteiger partial charge in [-0.3, -0.25) is 9.82 Å². The predicted octanol–water partition coefficient (Wildman–Crippen LogP) is 3.02. The maximum absolute atomic E-state index is 12.8. The van der Waals surface area contributed by atoms with E-state index in [1.807, 2.05) is 6.92 Å². The van der Waals surface area contributed by atoms with Crippen LogP contribution in [0.4, 0.5) is 14.5 Å². The van der Waals surface area contributed by atoms with Gasteiger partial charge in [-0.15, -0.1) is 0 Å². The zero-order chi connectivity index (χ0) is 15.6. The molecule has 0 saturated heterocycles. The van der Waals surface area contributed by atoms with E-state index in [2.05, 4.69) is 14.9 Å². The summed E-state index contributed by atoms with van der Waals surface area (Å²) in [6.07, 6.45) is -2.08. The number of anilines is 1. The van der Waals surface area contributed by atoms with Crippen LogP contribution in [0.3, 0.4) is 0 Å². The minimum Gasteiger partial charge on any atom is -0.280 e. The average molecular weight is 315 g/mol. The van der Waals surface area contributed by atoms with Gasteiger partial charge in [-0.1, -0.05) is 19.1 Å². The first-order valence-electron chi connectivity index (χ1n) is 6.30.